The maximum Gasteiger partial charge on any atom is 0.0534 e. The second kappa shape index (κ2) is 5.69. The van der Waals surface area contributed by atoms with Gasteiger partial charge in [-0.05, 0) is 19.3 Å². The molecule has 0 aliphatic carbocycles. The molecule has 0 radical (unpaired) electrons. The summed E-state index contributed by atoms with van der Waals surface area (Å²) in [5.74, 6) is 0.592. The fourth-order valence-corrected chi connectivity index (χ4v) is 0.573. The fourth-order valence-electron chi connectivity index (χ4n) is 0.573. The van der Waals surface area contributed by atoms with E-state index < -0.39 is 0 Å². The molecule has 0 saturated carbocycles. The number of rotatable bonds is 5. The Balaban J connectivity index is 2.91. The van der Waals surface area contributed by atoms with Gasteiger partial charge in [-0.2, -0.15) is 0 Å². The van der Waals surface area contributed by atoms with Crippen molar-refractivity contribution in [2.45, 2.75) is 33.3 Å². The Morgan fingerprint density at radius 3 is 2.30 bits per heavy atom. The van der Waals surface area contributed by atoms with E-state index in [2.05, 4.69) is 13.8 Å². The van der Waals surface area contributed by atoms with Crippen molar-refractivity contribution >= 4 is 0 Å². The van der Waals surface area contributed by atoms with Crippen molar-refractivity contribution in [3.63, 3.8) is 0 Å². The van der Waals surface area contributed by atoms with Crippen LogP contribution in [0, 0.1) is 5.92 Å². The SMILES string of the molecule is CC(C)COCCC(C)O. The highest BCUT2D eigenvalue weighted by Gasteiger charge is 1.96. The topological polar surface area (TPSA) is 29.5 Å². The smallest absolute Gasteiger partial charge is 0.0534 e. The summed E-state index contributed by atoms with van der Waals surface area (Å²) in [4.78, 5) is 0. The van der Waals surface area contributed by atoms with Crippen molar-refractivity contribution in [3.8, 4) is 0 Å². The Hall–Kier alpha value is -0.0800. The predicted octanol–water partition coefficient (Wildman–Crippen LogP) is 1.43. The molecule has 0 aliphatic rings. The second-order valence-electron chi connectivity index (χ2n) is 3.11. The Kier molecular flexibility index (Phi) is 5.64. The van der Waals surface area contributed by atoms with Crippen molar-refractivity contribution in [1.29, 1.82) is 0 Å². The third kappa shape index (κ3) is 7.92. The third-order valence-electron chi connectivity index (χ3n) is 1.13. The molecule has 0 spiro atoms. The minimum atomic E-state index is -0.229. The zero-order valence-electron chi connectivity index (χ0n) is 7.13. The molecular weight excluding hydrogens is 128 g/mol. The fraction of sp³-hybridized carbons (Fsp3) is 1.00. The molecule has 0 aromatic carbocycles. The Labute approximate surface area is 63.2 Å². The van der Waals surface area contributed by atoms with Gasteiger partial charge in [0.15, 0.2) is 0 Å². The minimum absolute atomic E-state index is 0.229. The van der Waals surface area contributed by atoms with Crippen molar-refractivity contribution in [3.05, 3.63) is 0 Å². The maximum atomic E-state index is 8.84. The van der Waals surface area contributed by atoms with Crippen LogP contribution in [0.5, 0.6) is 0 Å². The molecule has 2 heteroatoms. The zero-order valence-corrected chi connectivity index (χ0v) is 7.13. The first-order valence-electron chi connectivity index (χ1n) is 3.88. The van der Waals surface area contributed by atoms with Crippen LogP contribution < -0.4 is 0 Å². The molecule has 0 heterocycles. The van der Waals surface area contributed by atoms with Crippen LogP contribution in [0.25, 0.3) is 0 Å². The van der Waals surface area contributed by atoms with Gasteiger partial charge in [0.1, 0.15) is 0 Å². The van der Waals surface area contributed by atoms with Crippen molar-refractivity contribution < 1.29 is 9.84 Å². The van der Waals surface area contributed by atoms with Gasteiger partial charge in [0.05, 0.1) is 6.10 Å². The highest BCUT2D eigenvalue weighted by Crippen LogP contribution is 1.95. The van der Waals surface area contributed by atoms with Crippen LogP contribution >= 0.6 is 0 Å². The first-order chi connectivity index (χ1) is 4.63. The maximum absolute atomic E-state index is 8.84. The molecule has 1 N–H and O–H groups in total. The number of ether oxygens (including phenoxy) is 1. The summed E-state index contributed by atoms with van der Waals surface area (Å²) in [5, 5.41) is 8.84. The van der Waals surface area contributed by atoms with E-state index >= 15 is 0 Å². The lowest BCUT2D eigenvalue weighted by Gasteiger charge is -2.07. The standard InChI is InChI=1S/C8H18O2/c1-7(2)6-10-5-4-8(3)9/h7-9H,4-6H2,1-3H3. The van der Waals surface area contributed by atoms with Crippen molar-refractivity contribution in [1.82, 2.24) is 0 Å². The van der Waals surface area contributed by atoms with Gasteiger partial charge in [0, 0.05) is 13.2 Å². The average molecular weight is 146 g/mol. The van der Waals surface area contributed by atoms with E-state index in [4.69, 9.17) is 9.84 Å². The van der Waals surface area contributed by atoms with Gasteiger partial charge in [-0.3, -0.25) is 0 Å². The largest absolute Gasteiger partial charge is 0.393 e. The molecule has 2 nitrogen and oxygen atoms in total. The molecule has 1 atom stereocenters. The van der Waals surface area contributed by atoms with Gasteiger partial charge in [-0.15, -0.1) is 0 Å². The number of hydrogen-bond donors (Lipinski definition) is 1. The molecule has 0 aromatic rings. The van der Waals surface area contributed by atoms with E-state index in [1.54, 1.807) is 6.92 Å². The van der Waals surface area contributed by atoms with Crippen LogP contribution in [0.4, 0.5) is 0 Å². The molecule has 0 aromatic heterocycles. The highest BCUT2D eigenvalue weighted by molar-refractivity contribution is 4.45. The molecule has 0 rings (SSSR count). The lowest BCUT2D eigenvalue weighted by atomic mass is 10.2. The van der Waals surface area contributed by atoms with E-state index in [9.17, 15) is 0 Å². The highest BCUT2D eigenvalue weighted by atomic mass is 16.5. The van der Waals surface area contributed by atoms with Crippen molar-refractivity contribution in [2.75, 3.05) is 13.2 Å². The van der Waals surface area contributed by atoms with Crippen molar-refractivity contribution in [2.24, 2.45) is 5.92 Å². The van der Waals surface area contributed by atoms with E-state index in [0.717, 1.165) is 13.0 Å². The van der Waals surface area contributed by atoms with Crippen LogP contribution in [0.2, 0.25) is 0 Å². The van der Waals surface area contributed by atoms with Crippen LogP contribution in [0.3, 0.4) is 0 Å². The Morgan fingerprint density at radius 2 is 1.90 bits per heavy atom. The monoisotopic (exact) mass is 146 g/mol. The molecule has 0 saturated heterocycles. The van der Waals surface area contributed by atoms with E-state index in [1.807, 2.05) is 0 Å². The Bertz CT molecular complexity index is 59.7. The number of aliphatic hydroxyl groups is 1. The molecule has 0 aliphatic heterocycles. The minimum Gasteiger partial charge on any atom is -0.393 e. The van der Waals surface area contributed by atoms with Gasteiger partial charge < -0.3 is 9.84 Å². The molecule has 0 fully saturated rings. The van der Waals surface area contributed by atoms with Gasteiger partial charge in [-0.25, -0.2) is 0 Å². The van der Waals surface area contributed by atoms with Crippen LogP contribution in [-0.4, -0.2) is 24.4 Å². The molecule has 62 valence electrons. The van der Waals surface area contributed by atoms with Gasteiger partial charge in [-0.1, -0.05) is 13.8 Å². The van der Waals surface area contributed by atoms with Gasteiger partial charge in [0.2, 0.25) is 0 Å². The summed E-state index contributed by atoms with van der Waals surface area (Å²) in [5.41, 5.74) is 0. The summed E-state index contributed by atoms with van der Waals surface area (Å²) in [6.45, 7) is 7.48. The molecule has 10 heavy (non-hydrogen) atoms. The van der Waals surface area contributed by atoms with Crippen LogP contribution in [0.1, 0.15) is 27.2 Å². The Morgan fingerprint density at radius 1 is 1.30 bits per heavy atom. The summed E-state index contributed by atoms with van der Waals surface area (Å²) in [7, 11) is 0. The van der Waals surface area contributed by atoms with E-state index in [-0.39, 0.29) is 6.10 Å². The lowest BCUT2D eigenvalue weighted by Crippen LogP contribution is -2.08. The number of hydrogen-bond acceptors (Lipinski definition) is 2. The van der Waals surface area contributed by atoms with E-state index in [0.29, 0.717) is 12.5 Å². The quantitative estimate of drug-likeness (QED) is 0.594. The lowest BCUT2D eigenvalue weighted by molar-refractivity contribution is 0.0746. The second-order valence-corrected chi connectivity index (χ2v) is 3.11. The molecule has 1 unspecified atom stereocenters. The van der Waals surface area contributed by atoms with Crippen LogP contribution in [-0.2, 0) is 4.74 Å². The summed E-state index contributed by atoms with van der Waals surface area (Å²) in [6.07, 6.45) is 0.513. The number of aliphatic hydroxyl groups excluding tert-OH is 1. The normalized spacial score (nSPS) is 14.1. The van der Waals surface area contributed by atoms with E-state index in [1.165, 1.54) is 0 Å². The molecule has 0 amide bonds. The first-order valence-corrected chi connectivity index (χ1v) is 3.88. The summed E-state index contributed by atoms with van der Waals surface area (Å²) < 4.78 is 5.25. The predicted molar refractivity (Wildman–Crippen MR) is 42.0 cm³/mol. The molecule has 0 bridgehead atoms. The summed E-state index contributed by atoms with van der Waals surface area (Å²) >= 11 is 0. The zero-order chi connectivity index (χ0) is 7.98. The average Bonchev–Trinajstić information content (AvgIpc) is 1.79. The van der Waals surface area contributed by atoms with Gasteiger partial charge >= 0.3 is 0 Å². The third-order valence-corrected chi connectivity index (χ3v) is 1.13. The first kappa shape index (κ1) is 9.92. The summed E-state index contributed by atoms with van der Waals surface area (Å²) in [6, 6.07) is 0. The van der Waals surface area contributed by atoms with Crippen LogP contribution in [0.15, 0.2) is 0 Å². The van der Waals surface area contributed by atoms with Gasteiger partial charge in [0.25, 0.3) is 0 Å². The molecular formula is C8H18O2.